The number of aryl methyl sites for hydroxylation is 1. The lowest BCUT2D eigenvalue weighted by Crippen LogP contribution is -2.44. The van der Waals surface area contributed by atoms with E-state index >= 15 is 0 Å². The molecule has 0 aliphatic carbocycles. The summed E-state index contributed by atoms with van der Waals surface area (Å²) in [5.41, 5.74) is 2.33. The molecule has 0 aliphatic rings. The van der Waals surface area contributed by atoms with Gasteiger partial charge in [-0.1, -0.05) is 17.7 Å². The lowest BCUT2D eigenvalue weighted by molar-refractivity contribution is -0.118. The van der Waals surface area contributed by atoms with Gasteiger partial charge in [-0.2, -0.15) is 11.8 Å². The number of nitrogens with one attached hydrogen (secondary N) is 2. The summed E-state index contributed by atoms with van der Waals surface area (Å²) >= 11 is 1.64. The molecule has 6 heteroatoms. The molecular weight excluding hydrogens is 348 g/mol. The van der Waals surface area contributed by atoms with E-state index in [2.05, 4.69) is 10.6 Å². The van der Waals surface area contributed by atoms with Crippen LogP contribution in [-0.4, -0.2) is 37.0 Å². The standard InChI is InChI=1S/C20H24N2O3S/c1-14-4-8-16(9-5-14)21-20(24)18(12-13-26-3)22-19(23)15-6-10-17(25-2)11-7-15/h4-11,18H,12-13H2,1-3H3,(H,21,24)(H,22,23)/t18-/m1/s1. The molecule has 0 saturated carbocycles. The molecule has 0 spiro atoms. The first kappa shape index (κ1) is 19.8. The van der Waals surface area contributed by atoms with Crippen LogP contribution in [0.25, 0.3) is 0 Å². The molecule has 0 fully saturated rings. The quantitative estimate of drug-likeness (QED) is 0.744. The average molecular weight is 372 g/mol. The van der Waals surface area contributed by atoms with Gasteiger partial charge in [0.1, 0.15) is 11.8 Å². The fraction of sp³-hybridized carbons (Fsp3) is 0.300. The van der Waals surface area contributed by atoms with Gasteiger partial charge in [-0.25, -0.2) is 0 Å². The van der Waals surface area contributed by atoms with Crippen molar-refractivity contribution in [2.75, 3.05) is 24.4 Å². The third kappa shape index (κ3) is 5.81. The Morgan fingerprint density at radius 3 is 2.31 bits per heavy atom. The molecule has 138 valence electrons. The Hall–Kier alpha value is -2.47. The van der Waals surface area contributed by atoms with Crippen LogP contribution in [0.15, 0.2) is 48.5 Å². The van der Waals surface area contributed by atoms with Crippen molar-refractivity contribution in [3.05, 3.63) is 59.7 Å². The van der Waals surface area contributed by atoms with Crippen LogP contribution >= 0.6 is 11.8 Å². The fourth-order valence-corrected chi connectivity index (χ4v) is 2.83. The smallest absolute Gasteiger partial charge is 0.251 e. The predicted molar refractivity (Wildman–Crippen MR) is 107 cm³/mol. The first-order chi connectivity index (χ1) is 12.5. The summed E-state index contributed by atoms with van der Waals surface area (Å²) in [6.45, 7) is 1.99. The van der Waals surface area contributed by atoms with Crippen molar-refractivity contribution >= 4 is 29.3 Å². The van der Waals surface area contributed by atoms with E-state index in [1.807, 2.05) is 37.4 Å². The van der Waals surface area contributed by atoms with Crippen molar-refractivity contribution in [3.63, 3.8) is 0 Å². The van der Waals surface area contributed by atoms with E-state index in [0.717, 1.165) is 11.3 Å². The summed E-state index contributed by atoms with van der Waals surface area (Å²) in [6, 6.07) is 13.8. The van der Waals surface area contributed by atoms with Gasteiger partial charge in [0, 0.05) is 11.3 Å². The summed E-state index contributed by atoms with van der Waals surface area (Å²) in [6.07, 6.45) is 2.53. The molecule has 2 rings (SSSR count). The number of carbonyl (C=O) groups is 2. The van der Waals surface area contributed by atoms with Gasteiger partial charge >= 0.3 is 0 Å². The first-order valence-corrected chi connectivity index (χ1v) is 9.74. The minimum Gasteiger partial charge on any atom is -0.497 e. The molecule has 2 N–H and O–H groups in total. The molecule has 26 heavy (non-hydrogen) atoms. The number of carbonyl (C=O) groups excluding carboxylic acids is 2. The molecule has 0 aliphatic heterocycles. The van der Waals surface area contributed by atoms with Crippen molar-refractivity contribution in [2.45, 2.75) is 19.4 Å². The number of ether oxygens (including phenoxy) is 1. The Balaban J connectivity index is 2.05. The van der Waals surface area contributed by atoms with Crippen LogP contribution in [0, 0.1) is 6.92 Å². The Morgan fingerprint density at radius 1 is 1.08 bits per heavy atom. The van der Waals surface area contributed by atoms with Gasteiger partial charge in [-0.15, -0.1) is 0 Å². The number of benzene rings is 2. The first-order valence-electron chi connectivity index (χ1n) is 8.35. The summed E-state index contributed by atoms with van der Waals surface area (Å²) < 4.78 is 5.10. The van der Waals surface area contributed by atoms with Crippen molar-refractivity contribution in [1.82, 2.24) is 5.32 Å². The number of methoxy groups -OCH3 is 1. The van der Waals surface area contributed by atoms with E-state index in [4.69, 9.17) is 4.74 Å². The van der Waals surface area contributed by atoms with Crippen LogP contribution in [0.2, 0.25) is 0 Å². The number of hydrogen-bond acceptors (Lipinski definition) is 4. The molecule has 1 atom stereocenters. The van der Waals surface area contributed by atoms with Gasteiger partial charge in [-0.3, -0.25) is 9.59 Å². The van der Waals surface area contributed by atoms with E-state index in [-0.39, 0.29) is 11.8 Å². The molecule has 5 nitrogen and oxygen atoms in total. The van der Waals surface area contributed by atoms with Gasteiger partial charge in [0.25, 0.3) is 5.91 Å². The molecule has 0 bridgehead atoms. The van der Waals surface area contributed by atoms with Crippen molar-refractivity contribution in [1.29, 1.82) is 0 Å². The predicted octanol–water partition coefficient (Wildman–Crippen LogP) is 3.49. The Morgan fingerprint density at radius 2 is 1.73 bits per heavy atom. The highest BCUT2D eigenvalue weighted by Crippen LogP contribution is 2.13. The second-order valence-corrected chi connectivity index (χ2v) is 6.88. The molecule has 0 heterocycles. The van der Waals surface area contributed by atoms with Gasteiger partial charge in [0.15, 0.2) is 0 Å². The van der Waals surface area contributed by atoms with Crippen LogP contribution in [-0.2, 0) is 4.79 Å². The van der Waals surface area contributed by atoms with Crippen LogP contribution in [0.1, 0.15) is 22.3 Å². The number of anilines is 1. The second kappa shape index (κ2) is 9.87. The topological polar surface area (TPSA) is 67.4 Å². The Labute approximate surface area is 158 Å². The number of rotatable bonds is 8. The molecule has 0 saturated heterocycles. The minimum absolute atomic E-state index is 0.218. The largest absolute Gasteiger partial charge is 0.497 e. The highest BCUT2D eigenvalue weighted by molar-refractivity contribution is 7.98. The van der Waals surface area contributed by atoms with Crippen LogP contribution in [0.5, 0.6) is 5.75 Å². The van der Waals surface area contributed by atoms with Gasteiger partial charge < -0.3 is 15.4 Å². The second-order valence-electron chi connectivity index (χ2n) is 5.89. The van der Waals surface area contributed by atoms with Crippen LogP contribution in [0.4, 0.5) is 5.69 Å². The van der Waals surface area contributed by atoms with Crippen LogP contribution < -0.4 is 15.4 Å². The maximum absolute atomic E-state index is 12.6. The summed E-state index contributed by atoms with van der Waals surface area (Å²) in [5, 5.41) is 5.70. The molecular formula is C20H24N2O3S. The molecule has 0 aromatic heterocycles. The lowest BCUT2D eigenvalue weighted by Gasteiger charge is -2.18. The maximum atomic E-state index is 12.6. The zero-order chi connectivity index (χ0) is 18.9. The van der Waals surface area contributed by atoms with Crippen molar-refractivity contribution in [3.8, 4) is 5.75 Å². The zero-order valence-electron chi connectivity index (χ0n) is 15.2. The van der Waals surface area contributed by atoms with Crippen molar-refractivity contribution in [2.24, 2.45) is 0 Å². The monoisotopic (exact) mass is 372 g/mol. The van der Waals surface area contributed by atoms with E-state index in [0.29, 0.717) is 23.4 Å². The van der Waals surface area contributed by atoms with E-state index < -0.39 is 6.04 Å². The Bertz CT molecular complexity index is 730. The molecule has 2 amide bonds. The van der Waals surface area contributed by atoms with Crippen LogP contribution in [0.3, 0.4) is 0 Å². The zero-order valence-corrected chi connectivity index (χ0v) is 16.1. The van der Waals surface area contributed by atoms with E-state index in [1.54, 1.807) is 43.1 Å². The van der Waals surface area contributed by atoms with E-state index in [1.165, 1.54) is 0 Å². The number of hydrogen-bond donors (Lipinski definition) is 2. The number of amides is 2. The summed E-state index contributed by atoms with van der Waals surface area (Å²) in [4.78, 5) is 25.1. The normalized spacial score (nSPS) is 11.5. The molecule has 0 unspecified atom stereocenters. The van der Waals surface area contributed by atoms with E-state index in [9.17, 15) is 9.59 Å². The highest BCUT2D eigenvalue weighted by Gasteiger charge is 2.21. The lowest BCUT2D eigenvalue weighted by atomic mass is 10.1. The third-order valence-corrected chi connectivity index (χ3v) is 4.55. The molecule has 0 radical (unpaired) electrons. The summed E-state index contributed by atoms with van der Waals surface area (Å²) in [5.74, 6) is 0.953. The molecule has 2 aromatic carbocycles. The minimum atomic E-state index is -0.599. The summed E-state index contributed by atoms with van der Waals surface area (Å²) in [7, 11) is 1.57. The van der Waals surface area contributed by atoms with Gasteiger partial charge in [-0.05, 0) is 61.8 Å². The SMILES string of the molecule is COc1ccc(C(=O)N[C@H](CCSC)C(=O)Nc2ccc(C)cc2)cc1. The Kier molecular flexibility index (Phi) is 7.53. The van der Waals surface area contributed by atoms with Crippen molar-refractivity contribution < 1.29 is 14.3 Å². The fourth-order valence-electron chi connectivity index (χ4n) is 2.35. The molecule has 2 aromatic rings. The third-order valence-electron chi connectivity index (χ3n) is 3.90. The van der Waals surface area contributed by atoms with Gasteiger partial charge in [0.05, 0.1) is 7.11 Å². The highest BCUT2D eigenvalue weighted by atomic mass is 32.2. The van der Waals surface area contributed by atoms with Gasteiger partial charge in [0.2, 0.25) is 5.91 Å². The number of thioether (sulfide) groups is 1. The maximum Gasteiger partial charge on any atom is 0.251 e. The average Bonchev–Trinajstić information content (AvgIpc) is 2.66.